The predicted octanol–water partition coefficient (Wildman–Crippen LogP) is 1.45. The van der Waals surface area contributed by atoms with E-state index in [0.717, 1.165) is 11.0 Å². The van der Waals surface area contributed by atoms with Gasteiger partial charge >= 0.3 is 0 Å². The Labute approximate surface area is 109 Å². The lowest BCUT2D eigenvalue weighted by Gasteiger charge is -2.37. The molecular weight excluding hydrogens is 254 g/mol. The normalized spacial score (nSPS) is 19.8. The van der Waals surface area contributed by atoms with Gasteiger partial charge in [0.15, 0.2) is 11.6 Å². The van der Waals surface area contributed by atoms with Gasteiger partial charge in [0.25, 0.3) is 0 Å². The quantitative estimate of drug-likeness (QED) is 0.882. The van der Waals surface area contributed by atoms with Crippen LogP contribution < -0.4 is 10.2 Å². The van der Waals surface area contributed by atoms with Gasteiger partial charge in [-0.2, -0.15) is 0 Å². The Morgan fingerprint density at radius 2 is 2.00 bits per heavy atom. The molecule has 1 unspecified atom stereocenters. The van der Waals surface area contributed by atoms with E-state index in [4.69, 9.17) is 0 Å². The van der Waals surface area contributed by atoms with E-state index in [9.17, 15) is 18.4 Å². The molecule has 1 atom stereocenters. The van der Waals surface area contributed by atoms with Crippen molar-refractivity contribution in [3.8, 4) is 0 Å². The Kier molecular flexibility index (Phi) is 3.50. The minimum atomic E-state index is -1.11. The molecule has 0 saturated carbocycles. The highest BCUT2D eigenvalue weighted by Gasteiger charge is 2.38. The van der Waals surface area contributed by atoms with Crippen LogP contribution in [0.3, 0.4) is 0 Å². The molecule has 2 amide bonds. The SMILES string of the molecule is CC(C)C1C(=O)NCC(=O)N1c1cccc(F)c1F. The number of amides is 2. The van der Waals surface area contributed by atoms with Gasteiger partial charge in [-0.3, -0.25) is 14.5 Å². The Balaban J connectivity index is 2.51. The first kappa shape index (κ1) is 13.5. The number of piperazine rings is 1. The summed E-state index contributed by atoms with van der Waals surface area (Å²) in [5.41, 5.74) is -0.196. The molecule has 4 nitrogen and oxygen atoms in total. The number of carbonyl (C=O) groups excluding carboxylic acids is 2. The third-order valence-corrected chi connectivity index (χ3v) is 3.05. The van der Waals surface area contributed by atoms with Gasteiger partial charge in [0.1, 0.15) is 6.04 Å². The molecule has 1 fully saturated rings. The zero-order valence-electron chi connectivity index (χ0n) is 10.6. The van der Waals surface area contributed by atoms with Crippen LogP contribution in [0.5, 0.6) is 0 Å². The lowest BCUT2D eigenvalue weighted by atomic mass is 9.98. The lowest BCUT2D eigenvalue weighted by molar-refractivity contribution is -0.131. The van der Waals surface area contributed by atoms with Crippen molar-refractivity contribution in [1.29, 1.82) is 0 Å². The lowest BCUT2D eigenvalue weighted by Crippen LogP contribution is -2.60. The van der Waals surface area contributed by atoms with Crippen LogP contribution in [-0.2, 0) is 9.59 Å². The van der Waals surface area contributed by atoms with E-state index in [0.29, 0.717) is 0 Å². The van der Waals surface area contributed by atoms with Crippen molar-refractivity contribution in [2.75, 3.05) is 11.4 Å². The van der Waals surface area contributed by atoms with Gasteiger partial charge in [-0.15, -0.1) is 0 Å². The van der Waals surface area contributed by atoms with Crippen LogP contribution in [-0.4, -0.2) is 24.4 Å². The van der Waals surface area contributed by atoms with Gasteiger partial charge in [-0.05, 0) is 18.1 Å². The Morgan fingerprint density at radius 3 is 2.63 bits per heavy atom. The van der Waals surface area contributed by atoms with Crippen LogP contribution in [0.4, 0.5) is 14.5 Å². The summed E-state index contributed by atoms with van der Waals surface area (Å²) < 4.78 is 27.1. The predicted molar refractivity (Wildman–Crippen MR) is 65.5 cm³/mol. The highest BCUT2D eigenvalue weighted by atomic mass is 19.2. The number of carbonyl (C=O) groups is 2. The topological polar surface area (TPSA) is 49.4 Å². The zero-order valence-corrected chi connectivity index (χ0v) is 10.6. The standard InChI is InChI=1S/C13H14F2N2O2/c1-7(2)12-13(19)16-6-10(18)17(12)9-5-3-4-8(14)11(9)15/h3-5,7,12H,6H2,1-2H3,(H,16,19). The number of anilines is 1. The second kappa shape index (κ2) is 4.95. The number of rotatable bonds is 2. The highest BCUT2D eigenvalue weighted by molar-refractivity contribution is 6.06. The third-order valence-electron chi connectivity index (χ3n) is 3.05. The molecule has 0 spiro atoms. The third kappa shape index (κ3) is 2.30. The molecule has 0 aliphatic carbocycles. The summed E-state index contributed by atoms with van der Waals surface area (Å²) in [4.78, 5) is 24.8. The average molecular weight is 268 g/mol. The van der Waals surface area contributed by atoms with E-state index in [1.807, 2.05) is 0 Å². The van der Waals surface area contributed by atoms with Crippen LogP contribution in [0.2, 0.25) is 0 Å². The van der Waals surface area contributed by atoms with Crippen molar-refractivity contribution in [2.45, 2.75) is 19.9 Å². The van der Waals surface area contributed by atoms with Crippen molar-refractivity contribution >= 4 is 17.5 Å². The molecular formula is C13H14F2N2O2. The summed E-state index contributed by atoms with van der Waals surface area (Å²) in [6.45, 7) is 3.28. The minimum Gasteiger partial charge on any atom is -0.345 e. The maximum atomic E-state index is 13.8. The number of halogens is 2. The van der Waals surface area contributed by atoms with Crippen LogP contribution in [0.15, 0.2) is 18.2 Å². The molecule has 1 aromatic rings. The second-order valence-corrected chi connectivity index (χ2v) is 4.74. The maximum absolute atomic E-state index is 13.8. The fourth-order valence-corrected chi connectivity index (χ4v) is 2.19. The molecule has 1 aliphatic rings. The molecule has 2 rings (SSSR count). The molecule has 102 valence electrons. The molecule has 1 N–H and O–H groups in total. The highest BCUT2D eigenvalue weighted by Crippen LogP contribution is 2.27. The summed E-state index contributed by atoms with van der Waals surface area (Å²) in [5, 5.41) is 2.45. The smallest absolute Gasteiger partial charge is 0.247 e. The molecule has 19 heavy (non-hydrogen) atoms. The monoisotopic (exact) mass is 268 g/mol. The first-order chi connectivity index (χ1) is 8.93. The van der Waals surface area contributed by atoms with Crippen molar-refractivity contribution < 1.29 is 18.4 Å². The molecule has 1 aromatic carbocycles. The average Bonchev–Trinajstić information content (AvgIpc) is 2.35. The number of benzene rings is 1. The van der Waals surface area contributed by atoms with E-state index in [1.165, 1.54) is 12.1 Å². The number of hydrogen-bond donors (Lipinski definition) is 1. The van der Waals surface area contributed by atoms with Crippen molar-refractivity contribution in [3.63, 3.8) is 0 Å². The van der Waals surface area contributed by atoms with Gasteiger partial charge < -0.3 is 5.32 Å². The fourth-order valence-electron chi connectivity index (χ4n) is 2.19. The van der Waals surface area contributed by atoms with Crippen LogP contribution in [0.1, 0.15) is 13.8 Å². The van der Waals surface area contributed by atoms with E-state index < -0.39 is 23.6 Å². The summed E-state index contributed by atoms with van der Waals surface area (Å²) in [6, 6.07) is 2.74. The maximum Gasteiger partial charge on any atom is 0.247 e. The molecule has 1 saturated heterocycles. The molecule has 1 aliphatic heterocycles. The molecule has 0 aromatic heterocycles. The second-order valence-electron chi connectivity index (χ2n) is 4.74. The van der Waals surface area contributed by atoms with Crippen LogP contribution in [0, 0.1) is 17.6 Å². The van der Waals surface area contributed by atoms with Gasteiger partial charge in [0, 0.05) is 0 Å². The van der Waals surface area contributed by atoms with Gasteiger partial charge in [0.2, 0.25) is 11.8 Å². The summed E-state index contributed by atoms with van der Waals surface area (Å²) in [6.07, 6.45) is 0. The van der Waals surface area contributed by atoms with E-state index >= 15 is 0 Å². The van der Waals surface area contributed by atoms with E-state index in [2.05, 4.69) is 5.32 Å². The first-order valence-corrected chi connectivity index (χ1v) is 5.97. The largest absolute Gasteiger partial charge is 0.345 e. The Hall–Kier alpha value is -1.98. The van der Waals surface area contributed by atoms with Crippen molar-refractivity contribution in [1.82, 2.24) is 5.32 Å². The summed E-state index contributed by atoms with van der Waals surface area (Å²) >= 11 is 0. The number of nitrogens with zero attached hydrogens (tertiary/aromatic N) is 1. The van der Waals surface area contributed by atoms with Gasteiger partial charge in [-0.1, -0.05) is 19.9 Å². The summed E-state index contributed by atoms with van der Waals surface area (Å²) in [7, 11) is 0. The fraction of sp³-hybridized carbons (Fsp3) is 0.385. The Bertz CT molecular complexity index is 531. The Morgan fingerprint density at radius 1 is 1.32 bits per heavy atom. The first-order valence-electron chi connectivity index (χ1n) is 5.97. The summed E-state index contributed by atoms with van der Waals surface area (Å²) in [5.74, 6) is -3.19. The molecule has 1 heterocycles. The minimum absolute atomic E-state index is 0.196. The number of hydrogen-bond acceptors (Lipinski definition) is 2. The van der Waals surface area contributed by atoms with Crippen LogP contribution in [0.25, 0.3) is 0 Å². The van der Waals surface area contributed by atoms with E-state index in [-0.39, 0.29) is 24.1 Å². The van der Waals surface area contributed by atoms with Gasteiger partial charge in [-0.25, -0.2) is 8.78 Å². The van der Waals surface area contributed by atoms with Crippen LogP contribution >= 0.6 is 0 Å². The van der Waals surface area contributed by atoms with E-state index in [1.54, 1.807) is 13.8 Å². The van der Waals surface area contributed by atoms with Crippen molar-refractivity contribution in [2.24, 2.45) is 5.92 Å². The van der Waals surface area contributed by atoms with Crippen molar-refractivity contribution in [3.05, 3.63) is 29.8 Å². The van der Waals surface area contributed by atoms with Gasteiger partial charge in [0.05, 0.1) is 12.2 Å². The molecule has 0 bridgehead atoms. The number of nitrogens with one attached hydrogen (secondary N) is 1. The molecule has 6 heteroatoms. The zero-order chi connectivity index (χ0) is 14.2. The molecule has 0 radical (unpaired) electrons.